The summed E-state index contributed by atoms with van der Waals surface area (Å²) >= 11 is 0. The number of carbonyl (C=O) groups is 1. The zero-order chi connectivity index (χ0) is 15.7. The third-order valence-electron chi connectivity index (χ3n) is 2.38. The van der Waals surface area contributed by atoms with Gasteiger partial charge in [-0.05, 0) is 12.1 Å². The Bertz CT molecular complexity index is 587. The van der Waals surface area contributed by atoms with Gasteiger partial charge in [-0.25, -0.2) is 0 Å². The molecule has 0 N–H and O–H groups in total. The van der Waals surface area contributed by atoms with Gasteiger partial charge in [0.25, 0.3) is 0 Å². The maximum absolute atomic E-state index is 12.2. The Morgan fingerprint density at radius 2 is 1.90 bits per heavy atom. The van der Waals surface area contributed by atoms with Gasteiger partial charge in [-0.1, -0.05) is 18.2 Å². The number of benzene rings is 1. The van der Waals surface area contributed by atoms with E-state index >= 15 is 0 Å². The highest BCUT2D eigenvalue weighted by Gasteiger charge is 2.10. The van der Waals surface area contributed by atoms with Crippen LogP contribution in [-0.4, -0.2) is 30.5 Å². The van der Waals surface area contributed by atoms with Crippen LogP contribution in [0.4, 0.5) is 8.78 Å². The molecule has 0 unspecified atom stereocenters. The van der Waals surface area contributed by atoms with Gasteiger partial charge in [0.15, 0.2) is 0 Å². The number of carbonyl (C=O) groups excluding carboxylic acids is 1. The second-order valence-corrected chi connectivity index (χ2v) is 3.76. The van der Waals surface area contributed by atoms with E-state index in [4.69, 9.17) is 10.5 Å². The molecule has 108 valence electrons. The van der Waals surface area contributed by atoms with Gasteiger partial charge >= 0.3 is 6.61 Å². The minimum atomic E-state index is -2.97. The fraction of sp³-hybridized carbons (Fsp3) is 0.214. The molecular weight excluding hydrogens is 280 g/mol. The molecule has 0 bridgehead atoms. The van der Waals surface area contributed by atoms with E-state index < -0.39 is 12.5 Å². The van der Waals surface area contributed by atoms with E-state index in [2.05, 4.69) is 4.74 Å². The van der Waals surface area contributed by atoms with E-state index in [9.17, 15) is 13.6 Å². The molecule has 21 heavy (non-hydrogen) atoms. The highest BCUT2D eigenvalue weighted by atomic mass is 19.3. The van der Waals surface area contributed by atoms with Crippen molar-refractivity contribution in [1.29, 1.82) is 10.5 Å². The third-order valence-corrected chi connectivity index (χ3v) is 2.38. The fourth-order valence-corrected chi connectivity index (χ4v) is 1.47. The molecule has 0 spiro atoms. The normalized spacial score (nSPS) is 10.1. The quantitative estimate of drug-likeness (QED) is 0.594. The first-order valence-corrected chi connectivity index (χ1v) is 5.83. The smallest absolute Gasteiger partial charge is 0.387 e. The lowest BCUT2D eigenvalue weighted by atomic mass is 10.2. The number of nitrogens with zero attached hydrogens (tertiary/aromatic N) is 3. The third kappa shape index (κ3) is 5.29. The Morgan fingerprint density at radius 3 is 2.48 bits per heavy atom. The summed E-state index contributed by atoms with van der Waals surface area (Å²) in [7, 11) is 0. The zero-order valence-electron chi connectivity index (χ0n) is 10.9. The van der Waals surface area contributed by atoms with Crippen molar-refractivity contribution in [3.05, 3.63) is 35.9 Å². The molecule has 1 aromatic rings. The number of hydrogen-bond acceptors (Lipinski definition) is 4. The van der Waals surface area contributed by atoms with Crippen molar-refractivity contribution >= 4 is 12.0 Å². The fourth-order valence-electron chi connectivity index (χ4n) is 1.47. The number of amides is 1. The molecule has 0 fully saturated rings. The van der Waals surface area contributed by atoms with Crippen molar-refractivity contribution in [3.63, 3.8) is 0 Å². The number of alkyl halides is 2. The number of nitriles is 2. The highest BCUT2D eigenvalue weighted by Crippen LogP contribution is 2.21. The van der Waals surface area contributed by atoms with Crippen LogP contribution in [0.15, 0.2) is 30.3 Å². The Kier molecular flexibility index (Phi) is 6.36. The van der Waals surface area contributed by atoms with Crippen LogP contribution >= 0.6 is 0 Å². The standard InChI is InChI=1S/C14H11F2N3O2/c15-14(16)21-12-4-2-1-3-11(12)5-6-13(20)19(9-7-17)10-8-18/h1-6,14H,9-10H2/b6-5+. The van der Waals surface area contributed by atoms with E-state index in [0.717, 1.165) is 11.0 Å². The van der Waals surface area contributed by atoms with Gasteiger partial charge in [0.2, 0.25) is 5.91 Å². The van der Waals surface area contributed by atoms with Crippen LogP contribution in [-0.2, 0) is 4.79 Å². The summed E-state index contributed by atoms with van der Waals surface area (Å²) in [6, 6.07) is 9.50. The average molecular weight is 291 g/mol. The van der Waals surface area contributed by atoms with E-state index in [1.54, 1.807) is 18.2 Å². The first-order chi connectivity index (χ1) is 10.1. The number of hydrogen-bond donors (Lipinski definition) is 0. The van der Waals surface area contributed by atoms with E-state index in [-0.39, 0.29) is 18.8 Å². The van der Waals surface area contributed by atoms with Gasteiger partial charge in [-0.3, -0.25) is 4.79 Å². The van der Waals surface area contributed by atoms with Crippen molar-refractivity contribution in [2.75, 3.05) is 13.1 Å². The van der Waals surface area contributed by atoms with Crippen LogP contribution in [0.5, 0.6) is 5.75 Å². The topological polar surface area (TPSA) is 77.1 Å². The van der Waals surface area contributed by atoms with E-state index in [1.165, 1.54) is 24.3 Å². The van der Waals surface area contributed by atoms with Gasteiger partial charge in [-0.15, -0.1) is 0 Å². The Morgan fingerprint density at radius 1 is 1.29 bits per heavy atom. The largest absolute Gasteiger partial charge is 0.434 e. The molecule has 1 aromatic carbocycles. The second kappa shape index (κ2) is 8.28. The molecule has 0 atom stereocenters. The van der Waals surface area contributed by atoms with Gasteiger partial charge in [0.05, 0.1) is 12.1 Å². The lowest BCUT2D eigenvalue weighted by Crippen LogP contribution is -2.30. The molecular formula is C14H11F2N3O2. The molecule has 0 aromatic heterocycles. The maximum Gasteiger partial charge on any atom is 0.387 e. The molecule has 1 amide bonds. The van der Waals surface area contributed by atoms with Crippen molar-refractivity contribution in [1.82, 2.24) is 4.90 Å². The van der Waals surface area contributed by atoms with Crippen molar-refractivity contribution in [2.24, 2.45) is 0 Å². The van der Waals surface area contributed by atoms with Crippen LogP contribution in [0.25, 0.3) is 6.08 Å². The van der Waals surface area contributed by atoms with Gasteiger partial charge < -0.3 is 9.64 Å². The van der Waals surface area contributed by atoms with Gasteiger partial charge in [0.1, 0.15) is 18.8 Å². The zero-order valence-corrected chi connectivity index (χ0v) is 10.9. The summed E-state index contributed by atoms with van der Waals surface area (Å²) < 4.78 is 28.8. The van der Waals surface area contributed by atoms with Crippen molar-refractivity contribution in [2.45, 2.75) is 6.61 Å². The molecule has 0 aliphatic heterocycles. The molecule has 0 aliphatic carbocycles. The predicted molar refractivity (Wildman–Crippen MR) is 69.9 cm³/mol. The van der Waals surface area contributed by atoms with Crippen molar-refractivity contribution < 1.29 is 18.3 Å². The number of halogens is 2. The molecule has 1 rings (SSSR count). The summed E-state index contributed by atoms with van der Waals surface area (Å²) in [6.07, 6.45) is 2.39. The van der Waals surface area contributed by atoms with Crippen LogP contribution in [0.1, 0.15) is 5.56 Å². The molecule has 0 heterocycles. The van der Waals surface area contributed by atoms with Crippen LogP contribution in [0, 0.1) is 22.7 Å². The number of ether oxygens (including phenoxy) is 1. The number of para-hydroxylation sites is 1. The summed E-state index contributed by atoms with van der Waals surface area (Å²) in [5.74, 6) is -0.631. The average Bonchev–Trinajstić information content (AvgIpc) is 2.45. The lowest BCUT2D eigenvalue weighted by Gasteiger charge is -2.13. The predicted octanol–water partition coefficient (Wildman–Crippen LogP) is 2.18. The maximum atomic E-state index is 12.2. The molecule has 0 saturated heterocycles. The second-order valence-electron chi connectivity index (χ2n) is 3.76. The molecule has 0 radical (unpaired) electrons. The number of rotatable bonds is 6. The Labute approximate surface area is 120 Å². The first kappa shape index (κ1) is 16.1. The minimum absolute atomic E-state index is 0.0660. The molecule has 7 heteroatoms. The van der Waals surface area contributed by atoms with E-state index in [1.807, 2.05) is 0 Å². The monoisotopic (exact) mass is 291 g/mol. The van der Waals surface area contributed by atoms with Gasteiger partial charge in [-0.2, -0.15) is 19.3 Å². The minimum Gasteiger partial charge on any atom is -0.434 e. The molecule has 0 saturated carbocycles. The highest BCUT2D eigenvalue weighted by molar-refractivity contribution is 5.92. The molecule has 5 nitrogen and oxygen atoms in total. The SMILES string of the molecule is N#CCN(CC#N)C(=O)/C=C/c1ccccc1OC(F)F. The lowest BCUT2D eigenvalue weighted by molar-refractivity contribution is -0.124. The Hall–Kier alpha value is -2.93. The summed E-state index contributed by atoms with van der Waals surface area (Å²) in [4.78, 5) is 12.8. The van der Waals surface area contributed by atoms with Crippen LogP contribution < -0.4 is 4.74 Å². The summed E-state index contributed by atoms with van der Waals surface area (Å²) in [6.45, 7) is -3.43. The van der Waals surface area contributed by atoms with Crippen LogP contribution in [0.2, 0.25) is 0 Å². The molecule has 0 aliphatic rings. The Balaban J connectivity index is 2.87. The summed E-state index contributed by atoms with van der Waals surface area (Å²) in [5.41, 5.74) is 0.292. The van der Waals surface area contributed by atoms with Gasteiger partial charge in [0, 0.05) is 11.6 Å². The van der Waals surface area contributed by atoms with Crippen LogP contribution in [0.3, 0.4) is 0 Å². The summed E-state index contributed by atoms with van der Waals surface area (Å²) in [5, 5.41) is 17.1. The van der Waals surface area contributed by atoms with Crippen molar-refractivity contribution in [3.8, 4) is 17.9 Å². The first-order valence-electron chi connectivity index (χ1n) is 5.83. The van der Waals surface area contributed by atoms with E-state index in [0.29, 0.717) is 5.56 Å².